The maximum absolute atomic E-state index is 11.0. The molecule has 0 atom stereocenters. The quantitative estimate of drug-likeness (QED) is 0.314. The van der Waals surface area contributed by atoms with E-state index in [1.54, 1.807) is 0 Å². The second kappa shape index (κ2) is 13.5. The molecule has 20 heavy (non-hydrogen) atoms. The van der Waals surface area contributed by atoms with Crippen molar-refractivity contribution in [2.24, 2.45) is 5.41 Å². The number of thiol groups is 2. The molecule has 120 valence electrons. The maximum Gasteiger partial charge on any atom is 0.306 e. The molecule has 0 aliphatic carbocycles. The largest absolute Gasteiger partial charge is 0.481 e. The highest BCUT2D eigenvalue weighted by molar-refractivity contribution is 7.80. The first-order chi connectivity index (χ1) is 9.41. The number of hydrogen-bond acceptors (Lipinski definition) is 7. The van der Waals surface area contributed by atoms with Crippen LogP contribution < -0.4 is 0 Å². The van der Waals surface area contributed by atoms with Crippen molar-refractivity contribution >= 4 is 37.2 Å². The number of ether oxygens (including phenoxy) is 1. The van der Waals surface area contributed by atoms with Crippen LogP contribution in [0.25, 0.3) is 0 Å². The SMILES string of the molecule is CCC(CO)(CO)COC(=O)CCS.O=C(O)CCS. The van der Waals surface area contributed by atoms with Gasteiger partial charge in [-0.2, -0.15) is 25.3 Å². The van der Waals surface area contributed by atoms with Crippen LogP contribution in [-0.2, 0) is 14.3 Å². The van der Waals surface area contributed by atoms with Gasteiger partial charge in [0, 0.05) is 11.5 Å². The predicted molar refractivity (Wildman–Crippen MR) is 82.4 cm³/mol. The van der Waals surface area contributed by atoms with Gasteiger partial charge in [-0.3, -0.25) is 9.59 Å². The highest BCUT2D eigenvalue weighted by Gasteiger charge is 2.28. The van der Waals surface area contributed by atoms with Gasteiger partial charge >= 0.3 is 11.9 Å². The number of aliphatic hydroxyl groups is 2. The van der Waals surface area contributed by atoms with Crippen LogP contribution in [0.15, 0.2) is 0 Å². The predicted octanol–water partition coefficient (Wildman–Crippen LogP) is 0.621. The van der Waals surface area contributed by atoms with Crippen molar-refractivity contribution in [2.75, 3.05) is 31.3 Å². The van der Waals surface area contributed by atoms with E-state index in [1.165, 1.54) is 0 Å². The molecule has 0 rings (SSSR count). The molecular formula is C12H24O6S2. The monoisotopic (exact) mass is 328 g/mol. The number of carbonyl (C=O) groups is 2. The molecule has 0 amide bonds. The van der Waals surface area contributed by atoms with E-state index in [0.717, 1.165) is 0 Å². The molecule has 0 bridgehead atoms. The minimum atomic E-state index is -0.787. The maximum atomic E-state index is 11.0. The van der Waals surface area contributed by atoms with Crippen molar-refractivity contribution < 1.29 is 29.6 Å². The topological polar surface area (TPSA) is 104 Å². The van der Waals surface area contributed by atoms with Gasteiger partial charge in [0.2, 0.25) is 0 Å². The van der Waals surface area contributed by atoms with Crippen molar-refractivity contribution in [3.8, 4) is 0 Å². The zero-order valence-electron chi connectivity index (χ0n) is 11.6. The van der Waals surface area contributed by atoms with Gasteiger partial charge in [0.1, 0.15) is 6.61 Å². The molecule has 0 aliphatic rings. The van der Waals surface area contributed by atoms with Gasteiger partial charge in [0.05, 0.1) is 31.5 Å². The number of hydrogen-bond donors (Lipinski definition) is 5. The third-order valence-corrected chi connectivity index (χ3v) is 3.05. The number of aliphatic hydroxyl groups excluding tert-OH is 2. The van der Waals surface area contributed by atoms with Crippen molar-refractivity contribution in [1.82, 2.24) is 0 Å². The molecule has 0 fully saturated rings. The Hall–Kier alpha value is -0.440. The first-order valence-corrected chi connectivity index (χ1v) is 7.48. The van der Waals surface area contributed by atoms with E-state index in [2.05, 4.69) is 25.3 Å². The van der Waals surface area contributed by atoms with E-state index >= 15 is 0 Å². The van der Waals surface area contributed by atoms with Crippen molar-refractivity contribution in [3.63, 3.8) is 0 Å². The molecule has 0 heterocycles. The molecule has 0 saturated heterocycles. The van der Waals surface area contributed by atoms with Crippen LogP contribution in [0.1, 0.15) is 26.2 Å². The molecule has 0 aromatic carbocycles. The molecule has 0 unspecified atom stereocenters. The van der Waals surface area contributed by atoms with E-state index in [9.17, 15) is 9.59 Å². The van der Waals surface area contributed by atoms with Gasteiger partial charge in [-0.15, -0.1) is 0 Å². The molecular weight excluding hydrogens is 304 g/mol. The first kappa shape index (κ1) is 21.9. The third-order valence-electron chi connectivity index (χ3n) is 2.60. The zero-order chi connectivity index (χ0) is 16.0. The number of carboxylic acid groups (broad SMARTS) is 1. The van der Waals surface area contributed by atoms with Crippen LogP contribution in [0.4, 0.5) is 0 Å². The lowest BCUT2D eigenvalue weighted by Crippen LogP contribution is -2.35. The van der Waals surface area contributed by atoms with Gasteiger partial charge in [0.15, 0.2) is 0 Å². The highest BCUT2D eigenvalue weighted by Crippen LogP contribution is 2.20. The van der Waals surface area contributed by atoms with E-state index in [4.69, 9.17) is 20.1 Å². The lowest BCUT2D eigenvalue weighted by atomic mass is 9.88. The minimum Gasteiger partial charge on any atom is -0.481 e. The van der Waals surface area contributed by atoms with Gasteiger partial charge in [-0.05, 0) is 6.42 Å². The number of carbonyl (C=O) groups excluding carboxylic acids is 1. The summed E-state index contributed by atoms with van der Waals surface area (Å²) in [4.78, 5) is 20.6. The number of aliphatic carboxylic acids is 1. The van der Waals surface area contributed by atoms with Gasteiger partial charge in [0.25, 0.3) is 0 Å². The smallest absolute Gasteiger partial charge is 0.306 e. The van der Waals surface area contributed by atoms with Crippen LogP contribution in [0.3, 0.4) is 0 Å². The average Bonchev–Trinajstić information content (AvgIpc) is 2.42. The van der Waals surface area contributed by atoms with Crippen molar-refractivity contribution in [1.29, 1.82) is 0 Å². The summed E-state index contributed by atoms with van der Waals surface area (Å²) in [5.74, 6) is -0.268. The van der Waals surface area contributed by atoms with E-state index in [1.807, 2.05) is 6.92 Å². The normalized spacial score (nSPS) is 10.4. The molecule has 3 N–H and O–H groups in total. The summed E-state index contributed by atoms with van der Waals surface area (Å²) in [6.45, 7) is 1.52. The zero-order valence-corrected chi connectivity index (χ0v) is 13.4. The second-order valence-corrected chi connectivity index (χ2v) is 5.07. The lowest BCUT2D eigenvalue weighted by molar-refractivity contribution is -0.149. The lowest BCUT2D eigenvalue weighted by Gasteiger charge is -2.27. The summed E-state index contributed by atoms with van der Waals surface area (Å²) < 4.78 is 4.91. The van der Waals surface area contributed by atoms with Gasteiger partial charge < -0.3 is 20.1 Å². The molecule has 0 saturated carbocycles. The molecule has 0 aliphatic heterocycles. The van der Waals surface area contributed by atoms with E-state index < -0.39 is 11.4 Å². The Morgan fingerprint density at radius 2 is 1.60 bits per heavy atom. The molecule has 6 nitrogen and oxygen atoms in total. The number of carboxylic acids is 1. The second-order valence-electron chi connectivity index (χ2n) is 4.17. The average molecular weight is 328 g/mol. The Balaban J connectivity index is 0. The molecule has 0 aromatic heterocycles. The first-order valence-electron chi connectivity index (χ1n) is 6.22. The van der Waals surface area contributed by atoms with Crippen LogP contribution in [0.2, 0.25) is 0 Å². The standard InChI is InChI=1S/C9H18O4S.C3H6O2S/c1-2-9(5-10,6-11)7-13-8(12)3-4-14;4-3(5)1-2-6/h10-11,14H,2-7H2,1H3;6H,1-2H2,(H,4,5). The Kier molecular flexibility index (Phi) is 14.8. The van der Waals surface area contributed by atoms with Gasteiger partial charge in [-0.1, -0.05) is 6.92 Å². The summed E-state index contributed by atoms with van der Waals surface area (Å²) in [5, 5.41) is 26.0. The van der Waals surface area contributed by atoms with E-state index in [-0.39, 0.29) is 38.6 Å². The summed E-state index contributed by atoms with van der Waals surface area (Å²) in [7, 11) is 0. The summed E-state index contributed by atoms with van der Waals surface area (Å²) >= 11 is 7.57. The summed E-state index contributed by atoms with van der Waals surface area (Å²) in [6.07, 6.45) is 0.969. The van der Waals surface area contributed by atoms with Crippen LogP contribution in [0.5, 0.6) is 0 Å². The third kappa shape index (κ3) is 11.4. The summed E-state index contributed by atoms with van der Waals surface area (Å²) in [6, 6.07) is 0. The van der Waals surface area contributed by atoms with Crippen LogP contribution in [-0.4, -0.2) is 58.6 Å². The number of esters is 1. The van der Waals surface area contributed by atoms with Crippen molar-refractivity contribution in [3.05, 3.63) is 0 Å². The Morgan fingerprint density at radius 3 is 1.85 bits per heavy atom. The molecule has 8 heteroatoms. The number of rotatable bonds is 9. The Bertz CT molecular complexity index is 260. The summed E-state index contributed by atoms with van der Waals surface area (Å²) in [5.41, 5.74) is -0.702. The van der Waals surface area contributed by atoms with Crippen LogP contribution in [0, 0.1) is 5.41 Å². The molecule has 0 aromatic rings. The molecule has 0 spiro atoms. The fraction of sp³-hybridized carbons (Fsp3) is 0.833. The van der Waals surface area contributed by atoms with Crippen molar-refractivity contribution in [2.45, 2.75) is 26.2 Å². The van der Waals surface area contributed by atoms with Gasteiger partial charge in [-0.25, -0.2) is 0 Å². The Morgan fingerprint density at radius 1 is 1.10 bits per heavy atom. The minimum absolute atomic E-state index is 0.0586. The fourth-order valence-corrected chi connectivity index (χ4v) is 1.33. The Labute approximate surface area is 130 Å². The van der Waals surface area contributed by atoms with E-state index in [0.29, 0.717) is 17.9 Å². The van der Waals surface area contributed by atoms with Crippen LogP contribution >= 0.6 is 25.3 Å². The molecule has 0 radical (unpaired) electrons. The fourth-order valence-electron chi connectivity index (χ4n) is 0.960. The highest BCUT2D eigenvalue weighted by atomic mass is 32.1.